The number of amides is 1. The number of rotatable bonds is 7. The number of anilines is 1. The third-order valence-electron chi connectivity index (χ3n) is 6.05. The second kappa shape index (κ2) is 9.96. The molecule has 1 N–H and O–H groups in total. The maximum absolute atomic E-state index is 13.0. The summed E-state index contributed by atoms with van der Waals surface area (Å²) in [5.41, 5.74) is 5.82. The Morgan fingerprint density at radius 1 is 1.06 bits per heavy atom. The van der Waals surface area contributed by atoms with E-state index in [9.17, 15) is 4.79 Å². The normalized spacial score (nSPS) is 11.6. The van der Waals surface area contributed by atoms with Crippen LogP contribution in [0.1, 0.15) is 19.4 Å². The van der Waals surface area contributed by atoms with Crippen molar-refractivity contribution in [2.24, 2.45) is 0 Å². The number of hydrogen-bond acceptors (Lipinski definition) is 5. The van der Waals surface area contributed by atoms with E-state index >= 15 is 0 Å². The summed E-state index contributed by atoms with van der Waals surface area (Å²) in [6.07, 6.45) is 5.07. The van der Waals surface area contributed by atoms with Crippen molar-refractivity contribution in [1.82, 2.24) is 4.98 Å². The molecule has 0 fully saturated rings. The van der Waals surface area contributed by atoms with E-state index in [-0.39, 0.29) is 5.91 Å². The first-order valence-corrected chi connectivity index (χ1v) is 11.7. The quantitative estimate of drug-likeness (QED) is 0.253. The Morgan fingerprint density at radius 2 is 1.89 bits per heavy atom. The fourth-order valence-corrected chi connectivity index (χ4v) is 4.29. The summed E-state index contributed by atoms with van der Waals surface area (Å²) < 4.78 is 17.1. The Labute approximate surface area is 209 Å². The van der Waals surface area contributed by atoms with Gasteiger partial charge in [-0.15, -0.1) is 0 Å². The molecule has 0 unspecified atom stereocenters. The second-order valence-corrected chi connectivity index (χ2v) is 8.35. The van der Waals surface area contributed by atoms with E-state index in [0.717, 1.165) is 44.3 Å². The summed E-state index contributed by atoms with van der Waals surface area (Å²) in [6, 6.07) is 21.2. The number of benzene rings is 3. The number of hydrogen-bond donors (Lipinski definition) is 1. The third kappa shape index (κ3) is 4.53. The third-order valence-corrected chi connectivity index (χ3v) is 6.05. The van der Waals surface area contributed by atoms with Gasteiger partial charge in [0.25, 0.3) is 0 Å². The zero-order valence-electron chi connectivity index (χ0n) is 20.4. The molecule has 0 atom stereocenters. The zero-order valence-corrected chi connectivity index (χ0v) is 20.4. The topological polar surface area (TPSA) is 73.6 Å². The average molecular weight is 479 g/mol. The highest BCUT2D eigenvalue weighted by molar-refractivity contribution is 6.09. The van der Waals surface area contributed by atoms with Crippen molar-refractivity contribution in [3.05, 3.63) is 90.8 Å². The van der Waals surface area contributed by atoms with Gasteiger partial charge in [0, 0.05) is 40.2 Å². The molecule has 0 saturated carbocycles. The van der Waals surface area contributed by atoms with Crippen molar-refractivity contribution in [3.63, 3.8) is 0 Å². The largest absolute Gasteiger partial charge is 0.497 e. The number of methoxy groups -OCH3 is 1. The first kappa shape index (κ1) is 23.2. The first-order chi connectivity index (χ1) is 17.6. The maximum Gasteiger partial charge on any atom is 0.248 e. The highest BCUT2D eigenvalue weighted by atomic mass is 16.5. The minimum Gasteiger partial charge on any atom is -0.497 e. The number of pyridine rings is 1. The van der Waals surface area contributed by atoms with Crippen LogP contribution in [0, 0.1) is 0 Å². The molecule has 0 aliphatic rings. The van der Waals surface area contributed by atoms with E-state index in [0.29, 0.717) is 23.6 Å². The molecule has 0 radical (unpaired) electrons. The number of fused-ring (bicyclic) bond motifs is 2. The molecule has 180 valence electrons. The molecular weight excluding hydrogens is 452 g/mol. The second-order valence-electron chi connectivity index (χ2n) is 8.35. The molecule has 2 aromatic heterocycles. The minimum absolute atomic E-state index is 0.228. The van der Waals surface area contributed by atoms with Gasteiger partial charge in [-0.25, -0.2) is 0 Å². The van der Waals surface area contributed by atoms with Crippen molar-refractivity contribution in [3.8, 4) is 22.6 Å². The van der Waals surface area contributed by atoms with Gasteiger partial charge in [-0.3, -0.25) is 9.78 Å². The number of furan rings is 1. The van der Waals surface area contributed by atoms with E-state index in [1.54, 1.807) is 25.6 Å². The maximum atomic E-state index is 13.0. The van der Waals surface area contributed by atoms with Gasteiger partial charge in [0.05, 0.1) is 31.2 Å². The highest BCUT2D eigenvalue weighted by Crippen LogP contribution is 2.38. The lowest BCUT2D eigenvalue weighted by Crippen LogP contribution is -2.09. The summed E-state index contributed by atoms with van der Waals surface area (Å²) in [4.78, 5) is 17.3. The van der Waals surface area contributed by atoms with E-state index in [2.05, 4.69) is 10.3 Å². The minimum atomic E-state index is -0.228. The van der Waals surface area contributed by atoms with Gasteiger partial charge in [0.1, 0.15) is 17.1 Å². The molecule has 0 aliphatic heterocycles. The Balaban J connectivity index is 1.51. The summed E-state index contributed by atoms with van der Waals surface area (Å²) in [6.45, 7) is 4.33. The van der Waals surface area contributed by atoms with Crippen LogP contribution in [-0.2, 0) is 4.79 Å². The van der Waals surface area contributed by atoms with Crippen LogP contribution in [-0.4, -0.2) is 24.6 Å². The van der Waals surface area contributed by atoms with Gasteiger partial charge in [-0.2, -0.15) is 0 Å². The molecule has 0 aliphatic carbocycles. The van der Waals surface area contributed by atoms with E-state index < -0.39 is 0 Å². The summed E-state index contributed by atoms with van der Waals surface area (Å²) in [5, 5.41) is 4.82. The lowest BCUT2D eigenvalue weighted by Gasteiger charge is -2.12. The highest BCUT2D eigenvalue weighted by Gasteiger charge is 2.16. The van der Waals surface area contributed by atoms with E-state index in [4.69, 9.17) is 13.9 Å². The smallest absolute Gasteiger partial charge is 0.248 e. The Kier molecular flexibility index (Phi) is 6.41. The summed E-state index contributed by atoms with van der Waals surface area (Å²) >= 11 is 0. The average Bonchev–Trinajstić information content (AvgIpc) is 3.31. The van der Waals surface area contributed by atoms with Crippen molar-refractivity contribution in [2.45, 2.75) is 13.8 Å². The van der Waals surface area contributed by atoms with Gasteiger partial charge >= 0.3 is 0 Å². The Morgan fingerprint density at radius 3 is 2.67 bits per heavy atom. The van der Waals surface area contributed by atoms with Crippen LogP contribution in [0.25, 0.3) is 38.6 Å². The van der Waals surface area contributed by atoms with Crippen molar-refractivity contribution in [2.75, 3.05) is 19.0 Å². The molecule has 6 heteroatoms. The molecule has 0 spiro atoms. The molecule has 5 rings (SSSR count). The molecule has 5 aromatic rings. The SMILES string of the molecule is CCOc1cc2occ(-c3ccc(OC)cc3)c2cc1/C(C)=C/C(=O)Nc1cccc2ncccc12. The summed E-state index contributed by atoms with van der Waals surface area (Å²) in [7, 11) is 1.65. The van der Waals surface area contributed by atoms with Crippen LogP contribution in [0.3, 0.4) is 0 Å². The fraction of sp³-hybridized carbons (Fsp3) is 0.133. The van der Waals surface area contributed by atoms with Gasteiger partial charge in [0.15, 0.2) is 0 Å². The van der Waals surface area contributed by atoms with Crippen LogP contribution in [0.4, 0.5) is 5.69 Å². The van der Waals surface area contributed by atoms with Crippen LogP contribution in [0.5, 0.6) is 11.5 Å². The standard InChI is InChI=1S/C30H26N2O4/c1-4-35-28-17-29-24(25(18-36-29)20-10-12-21(34-3)13-11-20)16-23(28)19(2)15-30(33)32-27-9-5-8-26-22(27)7-6-14-31-26/h5-18H,4H2,1-3H3,(H,32,33)/b19-15+. The molecule has 6 nitrogen and oxygen atoms in total. The summed E-state index contributed by atoms with van der Waals surface area (Å²) in [5.74, 6) is 1.23. The Hall–Kier alpha value is -4.58. The zero-order chi connectivity index (χ0) is 25.1. The molecular formula is C30H26N2O4. The molecule has 0 saturated heterocycles. The first-order valence-electron chi connectivity index (χ1n) is 11.7. The fourth-order valence-electron chi connectivity index (χ4n) is 4.29. The van der Waals surface area contributed by atoms with Crippen LogP contribution in [0.15, 0.2) is 89.7 Å². The van der Waals surface area contributed by atoms with Gasteiger partial charge in [-0.05, 0) is 67.4 Å². The van der Waals surface area contributed by atoms with Crippen LogP contribution in [0.2, 0.25) is 0 Å². The predicted molar refractivity (Wildman–Crippen MR) is 143 cm³/mol. The number of ether oxygens (including phenoxy) is 2. The number of aromatic nitrogens is 1. The number of nitrogens with zero attached hydrogens (tertiary/aromatic N) is 1. The van der Waals surface area contributed by atoms with E-state index in [1.165, 1.54) is 0 Å². The predicted octanol–water partition coefficient (Wildman–Crippen LogP) is 7.10. The van der Waals surface area contributed by atoms with Gasteiger partial charge in [0.2, 0.25) is 5.91 Å². The number of carbonyl (C=O) groups is 1. The lowest BCUT2D eigenvalue weighted by molar-refractivity contribution is -0.111. The van der Waals surface area contributed by atoms with Gasteiger partial charge in [-0.1, -0.05) is 18.2 Å². The number of nitrogens with one attached hydrogen (secondary N) is 1. The molecule has 2 heterocycles. The van der Waals surface area contributed by atoms with Crippen molar-refractivity contribution in [1.29, 1.82) is 0 Å². The molecule has 1 amide bonds. The lowest BCUT2D eigenvalue weighted by atomic mass is 9.99. The monoisotopic (exact) mass is 478 g/mol. The molecule has 36 heavy (non-hydrogen) atoms. The molecule has 0 bridgehead atoms. The number of carbonyl (C=O) groups excluding carboxylic acids is 1. The number of allylic oxidation sites excluding steroid dienone is 1. The van der Waals surface area contributed by atoms with Crippen molar-refractivity contribution < 1.29 is 18.7 Å². The Bertz CT molecular complexity index is 1580. The van der Waals surface area contributed by atoms with E-state index in [1.807, 2.05) is 80.6 Å². The molecule has 3 aromatic carbocycles. The van der Waals surface area contributed by atoms with Crippen LogP contribution >= 0.6 is 0 Å². The van der Waals surface area contributed by atoms with Gasteiger partial charge < -0.3 is 19.2 Å². The van der Waals surface area contributed by atoms with Crippen molar-refractivity contribution >= 4 is 39.0 Å². The van der Waals surface area contributed by atoms with Crippen LogP contribution < -0.4 is 14.8 Å².